The van der Waals surface area contributed by atoms with Crippen LogP contribution in [0.1, 0.15) is 11.1 Å². The molecule has 5 nitrogen and oxygen atoms in total. The molecule has 3 aromatic rings. The quantitative estimate of drug-likeness (QED) is 0.642. The van der Waals surface area contributed by atoms with E-state index in [1.807, 2.05) is 0 Å². The summed E-state index contributed by atoms with van der Waals surface area (Å²) in [5, 5.41) is 29.3. The first-order chi connectivity index (χ1) is 10.4. The van der Waals surface area contributed by atoms with Crippen molar-refractivity contribution in [2.45, 2.75) is 13.8 Å². The Labute approximate surface area is 125 Å². The molecule has 0 bridgehead atoms. The molecular weight excluding hydrogens is 284 g/mol. The number of fused-ring (bicyclic) bond motifs is 1. The summed E-state index contributed by atoms with van der Waals surface area (Å²) in [5.74, 6) is 0.0216. The number of phenolic OH excluding ortho intramolecular Hbond substituents is 3. The van der Waals surface area contributed by atoms with Gasteiger partial charge in [-0.15, -0.1) is 0 Å². The van der Waals surface area contributed by atoms with Crippen molar-refractivity contribution >= 4 is 11.0 Å². The Morgan fingerprint density at radius 1 is 0.955 bits per heavy atom. The van der Waals surface area contributed by atoms with Gasteiger partial charge in [0.25, 0.3) is 0 Å². The second-order valence-electron chi connectivity index (χ2n) is 5.17. The standard InChI is InChI=1S/C17H14O5/c1-8-12(19)7-13-14(15(8)20)16(21)9(2)17(22-13)10-3-5-11(18)6-4-10/h3-7,18-20H,1-2H3. The van der Waals surface area contributed by atoms with Crippen molar-refractivity contribution < 1.29 is 19.7 Å². The SMILES string of the molecule is Cc1c(O)cc2oc(-c3ccc(O)cc3)c(C)c(=O)c2c1O. The molecule has 0 radical (unpaired) electrons. The Balaban J connectivity index is 2.39. The predicted octanol–water partition coefficient (Wildman–Crippen LogP) is 3.19. The lowest BCUT2D eigenvalue weighted by Crippen LogP contribution is -2.08. The molecule has 0 saturated heterocycles. The van der Waals surface area contributed by atoms with E-state index in [1.165, 1.54) is 25.1 Å². The molecule has 0 fully saturated rings. The first-order valence-electron chi connectivity index (χ1n) is 6.68. The molecule has 3 rings (SSSR count). The van der Waals surface area contributed by atoms with Gasteiger partial charge in [-0.05, 0) is 38.1 Å². The van der Waals surface area contributed by atoms with Gasteiger partial charge in [-0.1, -0.05) is 0 Å². The number of hydrogen-bond donors (Lipinski definition) is 3. The Bertz CT molecular complexity index is 936. The molecule has 0 amide bonds. The summed E-state index contributed by atoms with van der Waals surface area (Å²) in [5.41, 5.74) is 0.952. The minimum Gasteiger partial charge on any atom is -0.508 e. The zero-order valence-corrected chi connectivity index (χ0v) is 12.0. The number of phenols is 3. The second kappa shape index (κ2) is 4.80. The van der Waals surface area contributed by atoms with Crippen LogP contribution in [0.15, 0.2) is 39.5 Å². The van der Waals surface area contributed by atoms with Gasteiger partial charge in [0.2, 0.25) is 0 Å². The van der Waals surface area contributed by atoms with E-state index in [-0.39, 0.29) is 39.2 Å². The third kappa shape index (κ3) is 1.98. The maximum absolute atomic E-state index is 12.5. The van der Waals surface area contributed by atoms with E-state index < -0.39 is 0 Å². The smallest absolute Gasteiger partial charge is 0.199 e. The molecule has 0 atom stereocenters. The summed E-state index contributed by atoms with van der Waals surface area (Å²) in [6.45, 7) is 3.13. The van der Waals surface area contributed by atoms with Crippen LogP contribution in [0.3, 0.4) is 0 Å². The average molecular weight is 298 g/mol. The fourth-order valence-corrected chi connectivity index (χ4v) is 2.40. The molecule has 1 heterocycles. The molecule has 0 aliphatic rings. The monoisotopic (exact) mass is 298 g/mol. The van der Waals surface area contributed by atoms with Crippen LogP contribution in [-0.4, -0.2) is 15.3 Å². The van der Waals surface area contributed by atoms with Crippen LogP contribution in [0.5, 0.6) is 17.2 Å². The van der Waals surface area contributed by atoms with Crippen molar-refractivity contribution in [1.29, 1.82) is 0 Å². The topological polar surface area (TPSA) is 90.9 Å². The Hall–Kier alpha value is -2.95. The fourth-order valence-electron chi connectivity index (χ4n) is 2.40. The molecular formula is C17H14O5. The van der Waals surface area contributed by atoms with E-state index in [9.17, 15) is 20.1 Å². The largest absolute Gasteiger partial charge is 0.508 e. The van der Waals surface area contributed by atoms with Crippen molar-refractivity contribution in [3.63, 3.8) is 0 Å². The summed E-state index contributed by atoms with van der Waals surface area (Å²) in [7, 11) is 0. The van der Waals surface area contributed by atoms with Crippen molar-refractivity contribution in [2.75, 3.05) is 0 Å². The Kier molecular flexibility index (Phi) is 3.06. The van der Waals surface area contributed by atoms with Crippen molar-refractivity contribution in [3.05, 3.63) is 51.7 Å². The molecule has 0 aliphatic carbocycles. The van der Waals surface area contributed by atoms with Gasteiger partial charge in [-0.2, -0.15) is 0 Å². The zero-order valence-electron chi connectivity index (χ0n) is 12.0. The Morgan fingerprint density at radius 3 is 2.23 bits per heavy atom. The number of hydrogen-bond acceptors (Lipinski definition) is 5. The minimum absolute atomic E-state index is 0.0512. The van der Waals surface area contributed by atoms with Crippen LogP contribution in [-0.2, 0) is 0 Å². The van der Waals surface area contributed by atoms with E-state index in [4.69, 9.17) is 4.42 Å². The van der Waals surface area contributed by atoms with Crippen molar-refractivity contribution in [2.24, 2.45) is 0 Å². The lowest BCUT2D eigenvalue weighted by atomic mass is 10.0. The van der Waals surface area contributed by atoms with Gasteiger partial charge in [0.05, 0.1) is 0 Å². The van der Waals surface area contributed by atoms with Crippen LogP contribution < -0.4 is 5.43 Å². The van der Waals surface area contributed by atoms with Crippen LogP contribution in [0, 0.1) is 13.8 Å². The molecule has 5 heteroatoms. The second-order valence-corrected chi connectivity index (χ2v) is 5.17. The van der Waals surface area contributed by atoms with Crippen LogP contribution in [0.4, 0.5) is 0 Å². The first kappa shape index (κ1) is 14.0. The van der Waals surface area contributed by atoms with Gasteiger partial charge in [0, 0.05) is 22.8 Å². The maximum atomic E-state index is 12.5. The summed E-state index contributed by atoms with van der Waals surface area (Å²) < 4.78 is 5.71. The highest BCUT2D eigenvalue weighted by Crippen LogP contribution is 2.36. The number of rotatable bonds is 1. The Morgan fingerprint density at radius 2 is 1.59 bits per heavy atom. The molecule has 3 N–H and O–H groups in total. The molecule has 22 heavy (non-hydrogen) atoms. The highest BCUT2D eigenvalue weighted by molar-refractivity contribution is 5.88. The minimum atomic E-state index is -0.357. The van der Waals surface area contributed by atoms with Gasteiger partial charge in [0.1, 0.15) is 34.0 Å². The van der Waals surface area contributed by atoms with E-state index >= 15 is 0 Å². The third-order valence-corrected chi connectivity index (χ3v) is 3.74. The molecule has 0 aliphatic heterocycles. The van der Waals surface area contributed by atoms with Crippen LogP contribution in [0.2, 0.25) is 0 Å². The van der Waals surface area contributed by atoms with E-state index in [0.717, 1.165) is 0 Å². The van der Waals surface area contributed by atoms with Gasteiger partial charge in [0.15, 0.2) is 5.43 Å². The van der Waals surface area contributed by atoms with Crippen LogP contribution in [0.25, 0.3) is 22.3 Å². The van der Waals surface area contributed by atoms with E-state index in [0.29, 0.717) is 16.9 Å². The van der Waals surface area contributed by atoms with Gasteiger partial charge in [-0.25, -0.2) is 0 Å². The molecule has 0 unspecified atom stereocenters. The number of benzene rings is 2. The molecule has 112 valence electrons. The summed E-state index contributed by atoms with van der Waals surface area (Å²) in [6, 6.07) is 7.54. The van der Waals surface area contributed by atoms with Gasteiger partial charge < -0.3 is 19.7 Å². The van der Waals surface area contributed by atoms with Crippen molar-refractivity contribution in [3.8, 4) is 28.6 Å². The van der Waals surface area contributed by atoms with E-state index in [1.54, 1.807) is 19.1 Å². The molecule has 0 saturated carbocycles. The molecule has 1 aromatic heterocycles. The highest BCUT2D eigenvalue weighted by atomic mass is 16.3. The highest BCUT2D eigenvalue weighted by Gasteiger charge is 2.18. The van der Waals surface area contributed by atoms with E-state index in [2.05, 4.69) is 0 Å². The average Bonchev–Trinajstić information content (AvgIpc) is 2.49. The van der Waals surface area contributed by atoms with Crippen LogP contribution >= 0.6 is 0 Å². The first-order valence-corrected chi connectivity index (χ1v) is 6.68. The summed E-state index contributed by atoms with van der Waals surface area (Å²) in [4.78, 5) is 12.5. The maximum Gasteiger partial charge on any atom is 0.199 e. The fraction of sp³-hybridized carbons (Fsp3) is 0.118. The third-order valence-electron chi connectivity index (χ3n) is 3.74. The molecule has 2 aromatic carbocycles. The lowest BCUT2D eigenvalue weighted by molar-refractivity contribution is 0.445. The number of aromatic hydroxyl groups is 3. The zero-order chi connectivity index (χ0) is 16.0. The molecule has 0 spiro atoms. The van der Waals surface area contributed by atoms with Crippen molar-refractivity contribution in [1.82, 2.24) is 0 Å². The lowest BCUT2D eigenvalue weighted by Gasteiger charge is -2.10. The summed E-state index contributed by atoms with van der Waals surface area (Å²) in [6.07, 6.45) is 0. The summed E-state index contributed by atoms with van der Waals surface area (Å²) >= 11 is 0. The van der Waals surface area contributed by atoms with Gasteiger partial charge >= 0.3 is 0 Å². The normalized spacial score (nSPS) is 11.0. The predicted molar refractivity (Wildman–Crippen MR) is 82.4 cm³/mol. The van der Waals surface area contributed by atoms with Gasteiger partial charge in [-0.3, -0.25) is 4.79 Å².